The third kappa shape index (κ3) is 5.20. The zero-order chi connectivity index (χ0) is 19.3. The molecule has 1 aromatic heterocycles. The smallest absolute Gasteiger partial charge is 0.341 e. The Kier molecular flexibility index (Phi) is 6.58. The summed E-state index contributed by atoms with van der Waals surface area (Å²) in [5, 5.41) is 2.88. The van der Waals surface area contributed by atoms with E-state index in [1.807, 2.05) is 36.2 Å². The molecular weight excluding hydrogens is 332 g/mol. The van der Waals surface area contributed by atoms with Gasteiger partial charge in [0.05, 0.1) is 20.2 Å². The number of rotatable bonds is 7. The number of anilines is 1. The first-order valence-electron chi connectivity index (χ1n) is 8.56. The molecule has 1 heterocycles. The van der Waals surface area contributed by atoms with Gasteiger partial charge in [0.15, 0.2) is 0 Å². The Hall–Kier alpha value is -2.60. The van der Waals surface area contributed by atoms with Gasteiger partial charge >= 0.3 is 5.97 Å². The fourth-order valence-electron chi connectivity index (χ4n) is 2.65. The van der Waals surface area contributed by atoms with Gasteiger partial charge in [-0.05, 0) is 43.7 Å². The van der Waals surface area contributed by atoms with Gasteiger partial charge in [0, 0.05) is 5.69 Å². The number of nitrogens with zero attached hydrogens (tertiary/aromatic N) is 1. The predicted octanol–water partition coefficient (Wildman–Crippen LogP) is 3.57. The number of carbonyl (C=O) groups is 2. The van der Waals surface area contributed by atoms with Gasteiger partial charge in [-0.1, -0.05) is 26.0 Å². The molecule has 0 atom stereocenters. The molecule has 0 saturated heterocycles. The minimum Gasteiger partial charge on any atom is -0.465 e. The van der Waals surface area contributed by atoms with E-state index in [-0.39, 0.29) is 12.5 Å². The fourth-order valence-corrected chi connectivity index (χ4v) is 2.65. The monoisotopic (exact) mass is 358 g/mol. The van der Waals surface area contributed by atoms with Crippen molar-refractivity contribution in [3.05, 3.63) is 53.0 Å². The number of aryl methyl sites for hydroxylation is 1. The fraction of sp³-hybridized carbons (Fsp3) is 0.400. The van der Waals surface area contributed by atoms with Crippen molar-refractivity contribution in [3.8, 4) is 0 Å². The molecule has 6 heteroatoms. The van der Waals surface area contributed by atoms with Crippen LogP contribution in [0.1, 0.15) is 47.2 Å². The Balaban J connectivity index is 1.90. The highest BCUT2D eigenvalue weighted by Gasteiger charge is 2.17. The highest BCUT2D eigenvalue weighted by molar-refractivity contribution is 5.92. The minimum absolute atomic E-state index is 0.110. The average molecular weight is 358 g/mol. The molecule has 0 unspecified atom stereocenters. The molecule has 1 N–H and O–H groups in total. The van der Waals surface area contributed by atoms with E-state index in [9.17, 15) is 9.59 Å². The zero-order valence-corrected chi connectivity index (χ0v) is 16.0. The lowest BCUT2D eigenvalue weighted by atomic mass is 10.0. The number of furan rings is 1. The highest BCUT2D eigenvalue weighted by Crippen LogP contribution is 2.18. The minimum atomic E-state index is -0.428. The lowest BCUT2D eigenvalue weighted by molar-refractivity contribution is -0.117. The van der Waals surface area contributed by atoms with Gasteiger partial charge in [-0.3, -0.25) is 9.69 Å². The van der Waals surface area contributed by atoms with Crippen molar-refractivity contribution in [2.45, 2.75) is 33.2 Å². The molecule has 1 aromatic carbocycles. The summed E-state index contributed by atoms with van der Waals surface area (Å²) in [7, 11) is 3.15. The van der Waals surface area contributed by atoms with E-state index in [4.69, 9.17) is 9.15 Å². The van der Waals surface area contributed by atoms with E-state index in [0.29, 0.717) is 29.5 Å². The van der Waals surface area contributed by atoms with Gasteiger partial charge in [-0.2, -0.15) is 0 Å². The van der Waals surface area contributed by atoms with E-state index >= 15 is 0 Å². The molecule has 0 fully saturated rings. The van der Waals surface area contributed by atoms with Crippen molar-refractivity contribution in [2.75, 3.05) is 26.0 Å². The Labute approximate surface area is 154 Å². The zero-order valence-electron chi connectivity index (χ0n) is 16.0. The predicted molar refractivity (Wildman–Crippen MR) is 100 cm³/mol. The van der Waals surface area contributed by atoms with Crippen LogP contribution in [-0.2, 0) is 16.1 Å². The number of likely N-dealkylation sites (N-methyl/N-ethyl adjacent to an activating group) is 1. The largest absolute Gasteiger partial charge is 0.465 e. The van der Waals surface area contributed by atoms with Gasteiger partial charge in [0.25, 0.3) is 0 Å². The summed E-state index contributed by atoms with van der Waals surface area (Å²) in [6, 6.07) is 9.51. The number of nitrogens with one attached hydrogen (secondary N) is 1. The van der Waals surface area contributed by atoms with Crippen molar-refractivity contribution in [1.82, 2.24) is 4.90 Å². The number of hydrogen-bond acceptors (Lipinski definition) is 5. The molecule has 0 radical (unpaired) electrons. The second-order valence-corrected chi connectivity index (χ2v) is 6.67. The van der Waals surface area contributed by atoms with Crippen LogP contribution >= 0.6 is 0 Å². The number of esters is 1. The topological polar surface area (TPSA) is 71.8 Å². The Morgan fingerprint density at radius 3 is 2.46 bits per heavy atom. The second-order valence-electron chi connectivity index (χ2n) is 6.67. The van der Waals surface area contributed by atoms with E-state index in [2.05, 4.69) is 19.2 Å². The number of hydrogen-bond donors (Lipinski definition) is 1. The highest BCUT2D eigenvalue weighted by atomic mass is 16.5. The molecule has 2 rings (SSSR count). The van der Waals surface area contributed by atoms with Crippen molar-refractivity contribution in [2.24, 2.45) is 0 Å². The van der Waals surface area contributed by atoms with E-state index in [1.54, 1.807) is 13.0 Å². The Morgan fingerprint density at radius 1 is 1.23 bits per heavy atom. The molecule has 6 nitrogen and oxygen atoms in total. The first-order chi connectivity index (χ1) is 12.3. The third-order valence-corrected chi connectivity index (χ3v) is 4.07. The lowest BCUT2D eigenvalue weighted by Crippen LogP contribution is -2.29. The molecule has 26 heavy (non-hydrogen) atoms. The molecule has 140 valence electrons. The van der Waals surface area contributed by atoms with Crippen LogP contribution < -0.4 is 5.32 Å². The van der Waals surface area contributed by atoms with Crippen LogP contribution in [0.2, 0.25) is 0 Å². The molecule has 0 aliphatic carbocycles. The molecule has 0 bridgehead atoms. The number of carbonyl (C=O) groups excluding carboxylic acids is 2. The van der Waals surface area contributed by atoms with Crippen molar-refractivity contribution in [1.29, 1.82) is 0 Å². The third-order valence-electron chi connectivity index (χ3n) is 4.07. The van der Waals surface area contributed by atoms with Crippen LogP contribution in [0.15, 0.2) is 34.7 Å². The van der Waals surface area contributed by atoms with Gasteiger partial charge in [-0.15, -0.1) is 0 Å². The number of methoxy groups -OCH3 is 1. The number of benzene rings is 1. The van der Waals surface area contributed by atoms with E-state index < -0.39 is 5.97 Å². The van der Waals surface area contributed by atoms with Gasteiger partial charge in [0.1, 0.15) is 17.1 Å². The molecule has 0 aliphatic rings. The lowest BCUT2D eigenvalue weighted by Gasteiger charge is -2.15. The van der Waals surface area contributed by atoms with Crippen LogP contribution in [-0.4, -0.2) is 37.5 Å². The van der Waals surface area contributed by atoms with Gasteiger partial charge < -0.3 is 14.5 Å². The van der Waals surface area contributed by atoms with Gasteiger partial charge in [0.2, 0.25) is 5.91 Å². The Bertz CT molecular complexity index is 763. The molecule has 0 aliphatic heterocycles. The van der Waals surface area contributed by atoms with Crippen LogP contribution in [0, 0.1) is 6.92 Å². The maximum Gasteiger partial charge on any atom is 0.341 e. The summed E-state index contributed by atoms with van der Waals surface area (Å²) in [6.45, 7) is 6.59. The summed E-state index contributed by atoms with van der Waals surface area (Å²) in [5.74, 6) is 1.04. The average Bonchev–Trinajstić information content (AvgIpc) is 2.94. The quantitative estimate of drug-likeness (QED) is 0.766. The number of ether oxygens (including phenoxy) is 1. The summed E-state index contributed by atoms with van der Waals surface area (Å²) in [4.78, 5) is 25.6. The van der Waals surface area contributed by atoms with E-state index in [1.165, 1.54) is 12.7 Å². The summed E-state index contributed by atoms with van der Waals surface area (Å²) in [5.41, 5.74) is 2.41. The first kappa shape index (κ1) is 19.7. The summed E-state index contributed by atoms with van der Waals surface area (Å²) in [6.07, 6.45) is 0. The molecule has 2 aromatic rings. The normalized spacial score (nSPS) is 11.0. The SMILES string of the molecule is COC(=O)c1cc(CN(C)CC(=O)Nc2ccc(C(C)C)cc2)oc1C. The van der Waals surface area contributed by atoms with Crippen molar-refractivity contribution in [3.63, 3.8) is 0 Å². The van der Waals surface area contributed by atoms with Crippen LogP contribution in [0.4, 0.5) is 5.69 Å². The molecule has 1 amide bonds. The standard InChI is InChI=1S/C20H26N2O4/c1-13(2)15-6-8-16(9-7-15)21-19(23)12-22(4)11-17-10-18(14(3)26-17)20(24)25-5/h6-10,13H,11-12H2,1-5H3,(H,21,23). The van der Waals surface area contributed by atoms with Gasteiger partial charge in [-0.25, -0.2) is 4.79 Å². The van der Waals surface area contributed by atoms with Crippen LogP contribution in [0.3, 0.4) is 0 Å². The van der Waals surface area contributed by atoms with Crippen LogP contribution in [0.25, 0.3) is 0 Å². The summed E-state index contributed by atoms with van der Waals surface area (Å²) >= 11 is 0. The molecular formula is C20H26N2O4. The van der Waals surface area contributed by atoms with Crippen molar-refractivity contribution < 1.29 is 18.7 Å². The maximum atomic E-state index is 12.2. The summed E-state index contributed by atoms with van der Waals surface area (Å²) < 4.78 is 10.3. The molecule has 0 spiro atoms. The van der Waals surface area contributed by atoms with Crippen molar-refractivity contribution >= 4 is 17.6 Å². The second kappa shape index (κ2) is 8.67. The molecule has 0 saturated carbocycles. The first-order valence-corrected chi connectivity index (χ1v) is 8.56. The Morgan fingerprint density at radius 2 is 1.88 bits per heavy atom. The van der Waals surface area contributed by atoms with Crippen LogP contribution in [0.5, 0.6) is 0 Å². The number of amides is 1. The van der Waals surface area contributed by atoms with E-state index in [0.717, 1.165) is 5.69 Å². The maximum absolute atomic E-state index is 12.2.